The number of ketones is 1. The minimum Gasteiger partial charge on any atom is -0.496 e. The molecular formula is C19H22N2O4S2. The van der Waals surface area contributed by atoms with E-state index in [0.29, 0.717) is 29.4 Å². The predicted molar refractivity (Wildman–Crippen MR) is 105 cm³/mol. The number of nitrogens with zero attached hydrogens (tertiary/aromatic N) is 2. The Labute approximate surface area is 164 Å². The third-order valence-corrected chi connectivity index (χ3v) is 7.25. The standard InChI is InChI=1S/C19H22N2O4S2/c1-25-18-8-4-3-7-16(18)17(22)14-26-19-10-9-15(13-20-19)27(23,24)21-11-5-2-6-12-21/h3-4,7-10,13H,2,5-6,11-12,14H2,1H3. The van der Waals surface area contributed by atoms with Crippen molar-refractivity contribution in [1.29, 1.82) is 0 Å². The molecule has 0 radical (unpaired) electrons. The van der Waals surface area contributed by atoms with Crippen LogP contribution in [0.4, 0.5) is 0 Å². The minimum absolute atomic E-state index is 0.0655. The van der Waals surface area contributed by atoms with Gasteiger partial charge >= 0.3 is 0 Å². The summed E-state index contributed by atoms with van der Waals surface area (Å²) in [4.78, 5) is 16.8. The van der Waals surface area contributed by atoms with Gasteiger partial charge in [-0.15, -0.1) is 0 Å². The van der Waals surface area contributed by atoms with E-state index in [1.807, 2.05) is 6.07 Å². The first kappa shape index (κ1) is 19.9. The van der Waals surface area contributed by atoms with Crippen LogP contribution in [-0.4, -0.2) is 49.4 Å². The van der Waals surface area contributed by atoms with Crippen LogP contribution < -0.4 is 4.74 Å². The van der Waals surface area contributed by atoms with Crippen LogP contribution in [0.5, 0.6) is 5.75 Å². The molecule has 0 atom stereocenters. The Morgan fingerprint density at radius 3 is 2.56 bits per heavy atom. The zero-order valence-corrected chi connectivity index (χ0v) is 16.8. The zero-order valence-electron chi connectivity index (χ0n) is 15.1. The van der Waals surface area contributed by atoms with Gasteiger partial charge < -0.3 is 4.74 Å². The molecule has 0 aliphatic carbocycles. The van der Waals surface area contributed by atoms with Crippen molar-refractivity contribution in [2.45, 2.75) is 29.2 Å². The Morgan fingerprint density at radius 2 is 1.89 bits per heavy atom. The number of piperidine rings is 1. The second-order valence-corrected chi connectivity index (χ2v) is 9.14. The first-order valence-corrected chi connectivity index (χ1v) is 11.2. The van der Waals surface area contributed by atoms with E-state index < -0.39 is 10.0 Å². The molecule has 3 rings (SSSR count). The first-order chi connectivity index (χ1) is 13.0. The van der Waals surface area contributed by atoms with Crippen molar-refractivity contribution in [3.05, 3.63) is 48.2 Å². The van der Waals surface area contributed by atoms with E-state index in [4.69, 9.17) is 4.74 Å². The number of benzene rings is 1. The van der Waals surface area contributed by atoms with Crippen molar-refractivity contribution >= 4 is 27.6 Å². The van der Waals surface area contributed by atoms with Crippen LogP contribution >= 0.6 is 11.8 Å². The van der Waals surface area contributed by atoms with Gasteiger partial charge in [0.05, 0.1) is 23.5 Å². The lowest BCUT2D eigenvalue weighted by Crippen LogP contribution is -2.35. The first-order valence-electron chi connectivity index (χ1n) is 8.77. The van der Waals surface area contributed by atoms with Gasteiger partial charge in [-0.1, -0.05) is 30.3 Å². The molecule has 27 heavy (non-hydrogen) atoms. The lowest BCUT2D eigenvalue weighted by Gasteiger charge is -2.25. The third-order valence-electron chi connectivity index (χ3n) is 4.42. The molecule has 0 spiro atoms. The summed E-state index contributed by atoms with van der Waals surface area (Å²) in [7, 11) is -1.95. The van der Waals surface area contributed by atoms with Crippen molar-refractivity contribution in [2.75, 3.05) is 26.0 Å². The summed E-state index contributed by atoms with van der Waals surface area (Å²) in [5.74, 6) is 0.675. The monoisotopic (exact) mass is 406 g/mol. The Bertz CT molecular complexity index is 892. The number of para-hydroxylation sites is 1. The Hall–Kier alpha value is -1.90. The molecule has 1 aliphatic rings. The number of methoxy groups -OCH3 is 1. The maximum Gasteiger partial charge on any atom is 0.244 e. The van der Waals surface area contributed by atoms with E-state index in [1.54, 1.807) is 30.3 Å². The summed E-state index contributed by atoms with van der Waals surface area (Å²) in [6, 6.07) is 10.3. The molecule has 0 N–H and O–H groups in total. The molecule has 0 unspecified atom stereocenters. The van der Waals surface area contributed by atoms with E-state index in [-0.39, 0.29) is 16.4 Å². The molecule has 8 heteroatoms. The normalized spacial score (nSPS) is 15.4. The van der Waals surface area contributed by atoms with Gasteiger partial charge in [-0.05, 0) is 37.1 Å². The topological polar surface area (TPSA) is 76.6 Å². The number of ether oxygens (including phenoxy) is 1. The number of rotatable bonds is 7. The highest BCUT2D eigenvalue weighted by atomic mass is 32.2. The van der Waals surface area contributed by atoms with Crippen LogP contribution in [0.2, 0.25) is 0 Å². The third kappa shape index (κ3) is 4.69. The number of hydrogen-bond donors (Lipinski definition) is 0. The number of Topliss-reactive ketones (excluding diaryl/α,β-unsaturated/α-hetero) is 1. The molecule has 1 fully saturated rings. The van der Waals surface area contributed by atoms with Crippen LogP contribution in [0.15, 0.2) is 52.5 Å². The maximum absolute atomic E-state index is 12.6. The summed E-state index contributed by atoms with van der Waals surface area (Å²) < 4.78 is 32.0. The fraction of sp³-hybridized carbons (Fsp3) is 0.368. The van der Waals surface area contributed by atoms with Gasteiger partial charge in [-0.3, -0.25) is 4.79 Å². The fourth-order valence-electron chi connectivity index (χ4n) is 2.95. The highest BCUT2D eigenvalue weighted by Crippen LogP contribution is 2.24. The molecule has 1 aromatic carbocycles. The number of carbonyl (C=O) groups excluding carboxylic acids is 1. The van der Waals surface area contributed by atoms with Crippen molar-refractivity contribution in [1.82, 2.24) is 9.29 Å². The SMILES string of the molecule is COc1ccccc1C(=O)CSc1ccc(S(=O)(=O)N2CCCCC2)cn1. The molecule has 0 bridgehead atoms. The molecule has 1 aliphatic heterocycles. The van der Waals surface area contributed by atoms with Crippen LogP contribution in [0, 0.1) is 0 Å². The van der Waals surface area contributed by atoms with Gasteiger partial charge in [0.1, 0.15) is 10.6 Å². The highest BCUT2D eigenvalue weighted by molar-refractivity contribution is 7.99. The molecule has 6 nitrogen and oxygen atoms in total. The number of thioether (sulfide) groups is 1. The van der Waals surface area contributed by atoms with Crippen LogP contribution in [-0.2, 0) is 10.0 Å². The molecule has 2 heterocycles. The summed E-state index contributed by atoms with van der Waals surface area (Å²) in [5.41, 5.74) is 0.525. The second kappa shape index (κ2) is 8.86. The zero-order chi connectivity index (χ0) is 19.3. The van der Waals surface area contributed by atoms with E-state index in [2.05, 4.69) is 4.98 Å². The number of hydrogen-bond acceptors (Lipinski definition) is 6. The van der Waals surface area contributed by atoms with Gasteiger partial charge in [-0.25, -0.2) is 13.4 Å². The minimum atomic E-state index is -3.48. The van der Waals surface area contributed by atoms with Crippen LogP contribution in [0.3, 0.4) is 0 Å². The molecule has 1 saturated heterocycles. The average molecular weight is 407 g/mol. The van der Waals surface area contributed by atoms with Crippen LogP contribution in [0.25, 0.3) is 0 Å². The summed E-state index contributed by atoms with van der Waals surface area (Å²) in [5, 5.41) is 0.607. The summed E-state index contributed by atoms with van der Waals surface area (Å²) in [6.07, 6.45) is 4.23. The lowest BCUT2D eigenvalue weighted by molar-refractivity contribution is 0.101. The van der Waals surface area contributed by atoms with Gasteiger partial charge in [-0.2, -0.15) is 4.31 Å². The fourth-order valence-corrected chi connectivity index (χ4v) is 5.14. The second-order valence-electron chi connectivity index (χ2n) is 6.21. The van der Waals surface area contributed by atoms with Gasteiger partial charge in [0.2, 0.25) is 10.0 Å². The lowest BCUT2D eigenvalue weighted by atomic mass is 10.1. The number of pyridine rings is 1. The van der Waals surface area contributed by atoms with Crippen molar-refractivity contribution in [3.63, 3.8) is 0 Å². The smallest absolute Gasteiger partial charge is 0.244 e. The van der Waals surface area contributed by atoms with Gasteiger partial charge in [0.25, 0.3) is 0 Å². The number of sulfonamides is 1. The summed E-state index contributed by atoms with van der Waals surface area (Å²) >= 11 is 1.27. The van der Waals surface area contributed by atoms with Gasteiger partial charge in [0.15, 0.2) is 5.78 Å². The van der Waals surface area contributed by atoms with E-state index in [0.717, 1.165) is 19.3 Å². The molecule has 0 amide bonds. The van der Waals surface area contributed by atoms with E-state index in [9.17, 15) is 13.2 Å². The van der Waals surface area contributed by atoms with Crippen molar-refractivity contribution < 1.29 is 17.9 Å². The Kier molecular flexibility index (Phi) is 6.51. The largest absolute Gasteiger partial charge is 0.496 e. The number of aromatic nitrogens is 1. The molecule has 1 aromatic heterocycles. The van der Waals surface area contributed by atoms with Crippen molar-refractivity contribution in [3.8, 4) is 5.75 Å². The Morgan fingerprint density at radius 1 is 1.15 bits per heavy atom. The predicted octanol–water partition coefficient (Wildman–Crippen LogP) is 3.24. The van der Waals surface area contributed by atoms with Crippen LogP contribution in [0.1, 0.15) is 29.6 Å². The summed E-state index contributed by atoms with van der Waals surface area (Å²) in [6.45, 7) is 1.12. The maximum atomic E-state index is 12.6. The van der Waals surface area contributed by atoms with Gasteiger partial charge in [0, 0.05) is 19.3 Å². The molecule has 144 valence electrons. The van der Waals surface area contributed by atoms with E-state index >= 15 is 0 Å². The molecular weight excluding hydrogens is 384 g/mol. The highest BCUT2D eigenvalue weighted by Gasteiger charge is 2.26. The Balaban J connectivity index is 1.65. The number of carbonyl (C=O) groups is 1. The quantitative estimate of drug-likeness (QED) is 0.519. The molecule has 0 saturated carbocycles. The average Bonchev–Trinajstić information content (AvgIpc) is 2.73. The molecule has 2 aromatic rings. The van der Waals surface area contributed by atoms with Crippen molar-refractivity contribution in [2.24, 2.45) is 0 Å². The van der Waals surface area contributed by atoms with E-state index in [1.165, 1.54) is 29.4 Å².